The van der Waals surface area contributed by atoms with Crippen LogP contribution in [-0.4, -0.2) is 55.6 Å². The molecule has 2 saturated heterocycles. The van der Waals surface area contributed by atoms with Gasteiger partial charge in [-0.05, 0) is 44.6 Å². The average Bonchev–Trinajstić information content (AvgIpc) is 3.05. The summed E-state index contributed by atoms with van der Waals surface area (Å²) in [5, 5.41) is 9.17. The highest BCUT2D eigenvalue weighted by atomic mass is 16.2. The molecule has 2 atom stereocenters. The first-order valence-electron chi connectivity index (χ1n) is 8.24. The molecule has 2 fully saturated rings. The van der Waals surface area contributed by atoms with E-state index in [4.69, 9.17) is 0 Å². The summed E-state index contributed by atoms with van der Waals surface area (Å²) in [6.07, 6.45) is 5.06. The number of nitrogens with zero attached hydrogens (tertiary/aromatic N) is 1. The molecule has 0 spiro atoms. The number of carbonyl (C=O) groups is 2. The number of likely N-dealkylation sites (tertiary alicyclic amines) is 1. The van der Waals surface area contributed by atoms with E-state index >= 15 is 0 Å². The second-order valence-electron chi connectivity index (χ2n) is 6.08. The second kappa shape index (κ2) is 8.22. The number of rotatable bonds is 5. The number of hydrogen-bond donors (Lipinski definition) is 3. The number of urea groups is 1. The maximum Gasteiger partial charge on any atom is 0.317 e. The summed E-state index contributed by atoms with van der Waals surface area (Å²) in [5.74, 6) is 0.483. The largest absolute Gasteiger partial charge is 0.354 e. The second-order valence-corrected chi connectivity index (χ2v) is 6.08. The SMILES string of the molecule is CCCNC(=O)N1CCCC(CNC(=O)C2CCCN2)C1. The van der Waals surface area contributed by atoms with Crippen molar-refractivity contribution in [3.8, 4) is 0 Å². The zero-order chi connectivity index (χ0) is 15.1. The van der Waals surface area contributed by atoms with E-state index in [9.17, 15) is 9.59 Å². The van der Waals surface area contributed by atoms with Gasteiger partial charge in [-0.15, -0.1) is 0 Å². The molecular formula is C15H28N4O2. The van der Waals surface area contributed by atoms with Crippen molar-refractivity contribution in [3.63, 3.8) is 0 Å². The molecule has 6 nitrogen and oxygen atoms in total. The Morgan fingerprint density at radius 3 is 2.81 bits per heavy atom. The highest BCUT2D eigenvalue weighted by Gasteiger charge is 2.26. The summed E-state index contributed by atoms with van der Waals surface area (Å²) < 4.78 is 0. The molecule has 2 heterocycles. The minimum atomic E-state index is -0.0162. The molecule has 6 heteroatoms. The van der Waals surface area contributed by atoms with Crippen LogP contribution in [0.5, 0.6) is 0 Å². The Bertz CT molecular complexity index is 356. The van der Waals surface area contributed by atoms with Gasteiger partial charge < -0.3 is 20.9 Å². The third kappa shape index (κ3) is 4.88. The van der Waals surface area contributed by atoms with Gasteiger partial charge in [0.1, 0.15) is 0 Å². The van der Waals surface area contributed by atoms with Crippen LogP contribution in [0.2, 0.25) is 0 Å². The molecule has 2 aliphatic rings. The van der Waals surface area contributed by atoms with Crippen LogP contribution in [-0.2, 0) is 4.79 Å². The fraction of sp³-hybridized carbons (Fsp3) is 0.867. The van der Waals surface area contributed by atoms with Gasteiger partial charge in [0.05, 0.1) is 6.04 Å². The van der Waals surface area contributed by atoms with E-state index in [2.05, 4.69) is 16.0 Å². The smallest absolute Gasteiger partial charge is 0.317 e. The molecule has 0 aliphatic carbocycles. The van der Waals surface area contributed by atoms with Crippen LogP contribution in [0.3, 0.4) is 0 Å². The third-order valence-corrected chi connectivity index (χ3v) is 4.27. The Morgan fingerprint density at radius 2 is 2.10 bits per heavy atom. The predicted octanol–water partition coefficient (Wildman–Crippen LogP) is 0.686. The van der Waals surface area contributed by atoms with E-state index in [1.54, 1.807) is 0 Å². The van der Waals surface area contributed by atoms with Gasteiger partial charge in [-0.25, -0.2) is 4.79 Å². The molecule has 2 unspecified atom stereocenters. The first-order valence-corrected chi connectivity index (χ1v) is 8.24. The van der Waals surface area contributed by atoms with Crippen LogP contribution in [0, 0.1) is 5.92 Å². The lowest BCUT2D eigenvalue weighted by Gasteiger charge is -2.33. The maximum atomic E-state index is 12.0. The first-order chi connectivity index (χ1) is 10.2. The molecule has 3 N–H and O–H groups in total. The van der Waals surface area contributed by atoms with Gasteiger partial charge in [-0.1, -0.05) is 6.92 Å². The predicted molar refractivity (Wildman–Crippen MR) is 82.0 cm³/mol. The Hall–Kier alpha value is -1.30. The van der Waals surface area contributed by atoms with Gasteiger partial charge in [-0.3, -0.25) is 4.79 Å². The molecule has 0 aromatic heterocycles. The van der Waals surface area contributed by atoms with E-state index in [1.807, 2.05) is 11.8 Å². The molecule has 120 valence electrons. The first kappa shape index (κ1) is 16.1. The molecule has 2 rings (SSSR count). The Kier molecular flexibility index (Phi) is 6.29. The molecule has 0 bridgehead atoms. The molecule has 3 amide bonds. The monoisotopic (exact) mass is 296 g/mol. The van der Waals surface area contributed by atoms with Crippen LogP contribution >= 0.6 is 0 Å². The van der Waals surface area contributed by atoms with Crippen molar-refractivity contribution in [3.05, 3.63) is 0 Å². The zero-order valence-electron chi connectivity index (χ0n) is 13.0. The van der Waals surface area contributed by atoms with Gasteiger partial charge in [0.15, 0.2) is 0 Å². The van der Waals surface area contributed by atoms with Crippen LogP contribution in [0.4, 0.5) is 4.79 Å². The normalized spacial score (nSPS) is 25.7. The van der Waals surface area contributed by atoms with E-state index in [1.165, 1.54) is 0 Å². The number of hydrogen-bond acceptors (Lipinski definition) is 3. The number of nitrogens with one attached hydrogen (secondary N) is 3. The van der Waals surface area contributed by atoms with E-state index in [0.29, 0.717) is 12.5 Å². The quantitative estimate of drug-likeness (QED) is 0.699. The highest BCUT2D eigenvalue weighted by Crippen LogP contribution is 2.16. The van der Waals surface area contributed by atoms with E-state index in [0.717, 1.165) is 58.3 Å². The lowest BCUT2D eigenvalue weighted by atomic mass is 9.98. The lowest BCUT2D eigenvalue weighted by molar-refractivity contribution is -0.123. The van der Waals surface area contributed by atoms with Crippen molar-refractivity contribution in [2.24, 2.45) is 5.92 Å². The summed E-state index contributed by atoms with van der Waals surface area (Å²) in [7, 11) is 0. The van der Waals surface area contributed by atoms with Crippen LogP contribution < -0.4 is 16.0 Å². The summed E-state index contributed by atoms with van der Waals surface area (Å²) >= 11 is 0. The summed E-state index contributed by atoms with van der Waals surface area (Å²) in [5.41, 5.74) is 0. The van der Waals surface area contributed by atoms with Gasteiger partial charge in [0, 0.05) is 26.2 Å². The van der Waals surface area contributed by atoms with Crippen molar-refractivity contribution < 1.29 is 9.59 Å². The minimum absolute atomic E-state index is 0.0162. The molecular weight excluding hydrogens is 268 g/mol. The van der Waals surface area contributed by atoms with Gasteiger partial charge in [0.2, 0.25) is 5.91 Å². The fourth-order valence-corrected chi connectivity index (χ4v) is 3.04. The van der Waals surface area contributed by atoms with Gasteiger partial charge in [0.25, 0.3) is 0 Å². The Balaban J connectivity index is 1.70. The highest BCUT2D eigenvalue weighted by molar-refractivity contribution is 5.82. The fourth-order valence-electron chi connectivity index (χ4n) is 3.04. The van der Waals surface area contributed by atoms with Gasteiger partial charge in [-0.2, -0.15) is 0 Å². The van der Waals surface area contributed by atoms with Crippen molar-refractivity contribution in [2.75, 3.05) is 32.7 Å². The van der Waals surface area contributed by atoms with Crippen molar-refractivity contribution in [1.29, 1.82) is 0 Å². The average molecular weight is 296 g/mol. The number of carbonyl (C=O) groups excluding carboxylic acids is 2. The summed E-state index contributed by atoms with van der Waals surface area (Å²) in [4.78, 5) is 25.8. The third-order valence-electron chi connectivity index (χ3n) is 4.27. The summed E-state index contributed by atoms with van der Waals surface area (Å²) in [6.45, 7) is 5.95. The zero-order valence-corrected chi connectivity index (χ0v) is 13.0. The lowest BCUT2D eigenvalue weighted by Crippen LogP contribution is -2.49. The minimum Gasteiger partial charge on any atom is -0.354 e. The van der Waals surface area contributed by atoms with Gasteiger partial charge >= 0.3 is 6.03 Å². The molecule has 0 aromatic rings. The van der Waals surface area contributed by atoms with E-state index < -0.39 is 0 Å². The number of amides is 3. The molecule has 21 heavy (non-hydrogen) atoms. The van der Waals surface area contributed by atoms with Crippen LogP contribution in [0.15, 0.2) is 0 Å². The molecule has 0 aromatic carbocycles. The van der Waals surface area contributed by atoms with Crippen LogP contribution in [0.25, 0.3) is 0 Å². The molecule has 0 radical (unpaired) electrons. The van der Waals surface area contributed by atoms with Crippen LogP contribution in [0.1, 0.15) is 39.0 Å². The Labute approximate surface area is 127 Å². The number of piperidine rings is 1. The standard InChI is InChI=1S/C15H28N4O2/c1-2-7-17-15(21)19-9-4-5-12(11-19)10-18-14(20)13-6-3-8-16-13/h12-13,16H,2-11H2,1H3,(H,17,21)(H,18,20). The molecule has 2 aliphatic heterocycles. The Morgan fingerprint density at radius 1 is 1.24 bits per heavy atom. The van der Waals surface area contributed by atoms with Crippen molar-refractivity contribution in [2.45, 2.75) is 45.1 Å². The summed E-state index contributed by atoms with van der Waals surface area (Å²) in [6, 6.07) is 0.0166. The van der Waals surface area contributed by atoms with Crippen molar-refractivity contribution >= 4 is 11.9 Å². The van der Waals surface area contributed by atoms with E-state index in [-0.39, 0.29) is 18.0 Å². The maximum absolute atomic E-state index is 12.0. The van der Waals surface area contributed by atoms with Crippen molar-refractivity contribution in [1.82, 2.24) is 20.9 Å². The molecule has 0 saturated carbocycles. The topological polar surface area (TPSA) is 73.5 Å².